The van der Waals surface area contributed by atoms with Crippen molar-refractivity contribution in [2.45, 2.75) is 110 Å². The lowest BCUT2D eigenvalue weighted by Crippen LogP contribution is -1.84. The predicted molar refractivity (Wildman–Crippen MR) is 102 cm³/mol. The van der Waals surface area contributed by atoms with E-state index in [1.807, 2.05) is 11.4 Å². The Morgan fingerprint density at radius 3 is 1.10 bits per heavy atom. The van der Waals surface area contributed by atoms with Gasteiger partial charge in [0, 0.05) is 0 Å². The maximum absolute atomic E-state index is 2.75. The molecule has 0 aromatic carbocycles. The molecule has 0 aliphatic carbocycles. The Morgan fingerprint density at radius 1 is 0.500 bits per heavy atom. The maximum Gasteiger partial charge on any atom is -0.00310 e. The molecule has 1 atom stereocenters. The lowest BCUT2D eigenvalue weighted by atomic mass is 10.0. The summed E-state index contributed by atoms with van der Waals surface area (Å²) >= 11 is 1.90. The van der Waals surface area contributed by atoms with E-state index >= 15 is 0 Å². The molecule has 20 heavy (non-hydrogen) atoms. The first-order valence-electron chi connectivity index (χ1n) is 9.23. The van der Waals surface area contributed by atoms with Crippen molar-refractivity contribution < 1.29 is 0 Å². The standard InChI is InChI=1S/C18H39PS/c1-2-3-4-5-6-7-8-9-10-11-12-13-14-15-16-17-18-20-19/h2-19H2,1H3. The molecular weight excluding hydrogens is 279 g/mol. The van der Waals surface area contributed by atoms with Gasteiger partial charge in [0.25, 0.3) is 0 Å². The van der Waals surface area contributed by atoms with Crippen LogP contribution in [0.5, 0.6) is 0 Å². The molecule has 122 valence electrons. The predicted octanol–water partition coefficient (Wildman–Crippen LogP) is 7.77. The third-order valence-electron chi connectivity index (χ3n) is 4.12. The molecule has 0 saturated heterocycles. The van der Waals surface area contributed by atoms with Gasteiger partial charge in [-0.1, -0.05) is 112 Å². The molecule has 0 rings (SSSR count). The van der Waals surface area contributed by atoms with E-state index in [1.165, 1.54) is 108 Å². The van der Waals surface area contributed by atoms with Crippen LogP contribution in [-0.4, -0.2) is 5.75 Å². The minimum absolute atomic E-state index is 1.32. The zero-order valence-electron chi connectivity index (χ0n) is 14.0. The molecule has 0 saturated carbocycles. The van der Waals surface area contributed by atoms with Crippen LogP contribution in [-0.2, 0) is 0 Å². The molecule has 0 aromatic heterocycles. The monoisotopic (exact) mass is 318 g/mol. The van der Waals surface area contributed by atoms with Crippen molar-refractivity contribution in [1.82, 2.24) is 0 Å². The molecule has 0 nitrogen and oxygen atoms in total. The summed E-state index contributed by atoms with van der Waals surface area (Å²) in [6, 6.07) is 0. The molecule has 0 aliphatic heterocycles. The average Bonchev–Trinajstić information content (AvgIpc) is 2.47. The quantitative estimate of drug-likeness (QED) is 0.195. The van der Waals surface area contributed by atoms with Crippen molar-refractivity contribution in [3.05, 3.63) is 0 Å². The van der Waals surface area contributed by atoms with Crippen LogP contribution in [0, 0.1) is 0 Å². The summed E-state index contributed by atoms with van der Waals surface area (Å²) in [5.74, 6) is 1.32. The summed E-state index contributed by atoms with van der Waals surface area (Å²) in [7, 11) is 2.75. The SMILES string of the molecule is CCCCCCCCCCCCCCCCCCSP. The van der Waals surface area contributed by atoms with Crippen molar-refractivity contribution >= 4 is 19.8 Å². The van der Waals surface area contributed by atoms with Crippen molar-refractivity contribution in [2.24, 2.45) is 0 Å². The van der Waals surface area contributed by atoms with Gasteiger partial charge in [0.2, 0.25) is 0 Å². The van der Waals surface area contributed by atoms with Gasteiger partial charge in [-0.2, -0.15) is 0 Å². The highest BCUT2D eigenvalue weighted by molar-refractivity contribution is 8.43. The summed E-state index contributed by atoms with van der Waals surface area (Å²) in [6.07, 6.45) is 23.4. The van der Waals surface area contributed by atoms with Gasteiger partial charge in [0.1, 0.15) is 0 Å². The van der Waals surface area contributed by atoms with Gasteiger partial charge in [-0.05, 0) is 12.2 Å². The van der Waals surface area contributed by atoms with E-state index in [2.05, 4.69) is 15.4 Å². The maximum atomic E-state index is 2.75. The van der Waals surface area contributed by atoms with Crippen LogP contribution in [0.2, 0.25) is 0 Å². The molecule has 0 spiro atoms. The van der Waals surface area contributed by atoms with Gasteiger partial charge in [-0.15, -0.1) is 11.4 Å². The zero-order valence-corrected chi connectivity index (χ0v) is 16.0. The van der Waals surface area contributed by atoms with Gasteiger partial charge in [0.15, 0.2) is 0 Å². The smallest absolute Gasteiger partial charge is 0.00310 e. The number of hydrogen-bond donors (Lipinski definition) is 0. The number of unbranched alkanes of at least 4 members (excludes halogenated alkanes) is 15. The van der Waals surface area contributed by atoms with Crippen LogP contribution < -0.4 is 0 Å². The van der Waals surface area contributed by atoms with Gasteiger partial charge >= 0.3 is 0 Å². The van der Waals surface area contributed by atoms with E-state index in [4.69, 9.17) is 0 Å². The van der Waals surface area contributed by atoms with E-state index in [0.717, 1.165) is 0 Å². The first-order valence-corrected chi connectivity index (χ1v) is 11.7. The number of rotatable bonds is 17. The summed E-state index contributed by atoms with van der Waals surface area (Å²) < 4.78 is 0. The molecule has 0 fully saturated rings. The van der Waals surface area contributed by atoms with E-state index in [0.29, 0.717) is 0 Å². The highest BCUT2D eigenvalue weighted by Gasteiger charge is 1.94. The molecule has 0 radical (unpaired) electrons. The minimum Gasteiger partial charge on any atom is -0.141 e. The fourth-order valence-corrected chi connectivity index (χ4v) is 3.60. The number of hydrogen-bond acceptors (Lipinski definition) is 1. The van der Waals surface area contributed by atoms with Gasteiger partial charge < -0.3 is 0 Å². The van der Waals surface area contributed by atoms with Crippen LogP contribution in [0.1, 0.15) is 110 Å². The van der Waals surface area contributed by atoms with Gasteiger partial charge in [-0.25, -0.2) is 0 Å². The third kappa shape index (κ3) is 18.8. The average molecular weight is 319 g/mol. The minimum atomic E-state index is 1.32. The Hall–Kier alpha value is 0.780. The lowest BCUT2D eigenvalue weighted by molar-refractivity contribution is 0.532. The summed E-state index contributed by atoms with van der Waals surface area (Å²) in [5.41, 5.74) is 0. The molecule has 0 heterocycles. The topological polar surface area (TPSA) is 0 Å². The first kappa shape index (κ1) is 20.8. The second kappa shape index (κ2) is 19.8. The Bertz CT molecular complexity index is 143. The summed E-state index contributed by atoms with van der Waals surface area (Å²) in [6.45, 7) is 2.30. The molecule has 0 bridgehead atoms. The normalized spacial score (nSPS) is 11.1. The van der Waals surface area contributed by atoms with Crippen LogP contribution >= 0.6 is 19.8 Å². The molecular formula is C18H39PS. The van der Waals surface area contributed by atoms with Crippen LogP contribution in [0.15, 0.2) is 0 Å². The Kier molecular flexibility index (Phi) is 20.6. The fraction of sp³-hybridized carbons (Fsp3) is 1.00. The Morgan fingerprint density at radius 2 is 0.800 bits per heavy atom. The molecule has 0 aliphatic rings. The zero-order chi connectivity index (χ0) is 14.7. The van der Waals surface area contributed by atoms with Crippen molar-refractivity contribution in [2.75, 3.05) is 5.75 Å². The molecule has 2 heteroatoms. The van der Waals surface area contributed by atoms with Gasteiger partial charge in [0.05, 0.1) is 0 Å². The highest BCUT2D eigenvalue weighted by Crippen LogP contribution is 2.16. The molecule has 0 aromatic rings. The first-order chi connectivity index (χ1) is 9.91. The fourth-order valence-electron chi connectivity index (χ4n) is 2.73. The van der Waals surface area contributed by atoms with Crippen LogP contribution in [0.4, 0.5) is 0 Å². The van der Waals surface area contributed by atoms with Crippen molar-refractivity contribution in [3.63, 3.8) is 0 Å². The van der Waals surface area contributed by atoms with Gasteiger partial charge in [-0.3, -0.25) is 0 Å². The Balaban J connectivity index is 2.89. The van der Waals surface area contributed by atoms with Crippen molar-refractivity contribution in [3.8, 4) is 0 Å². The molecule has 0 amide bonds. The second-order valence-electron chi connectivity index (χ2n) is 6.17. The van der Waals surface area contributed by atoms with E-state index in [9.17, 15) is 0 Å². The van der Waals surface area contributed by atoms with Crippen LogP contribution in [0.3, 0.4) is 0 Å². The largest absolute Gasteiger partial charge is 0.141 e. The molecule has 0 N–H and O–H groups in total. The molecule has 1 unspecified atom stereocenters. The Labute approximate surface area is 135 Å². The van der Waals surface area contributed by atoms with Crippen LogP contribution in [0.25, 0.3) is 0 Å². The second-order valence-corrected chi connectivity index (χ2v) is 7.92. The third-order valence-corrected chi connectivity index (χ3v) is 5.35. The van der Waals surface area contributed by atoms with E-state index in [-0.39, 0.29) is 0 Å². The van der Waals surface area contributed by atoms with E-state index in [1.54, 1.807) is 0 Å². The van der Waals surface area contributed by atoms with Crippen molar-refractivity contribution in [1.29, 1.82) is 0 Å². The summed E-state index contributed by atoms with van der Waals surface area (Å²) in [5, 5.41) is 0. The lowest BCUT2D eigenvalue weighted by Gasteiger charge is -2.03. The van der Waals surface area contributed by atoms with E-state index < -0.39 is 0 Å². The highest BCUT2D eigenvalue weighted by atomic mass is 32.7. The summed E-state index contributed by atoms with van der Waals surface area (Å²) in [4.78, 5) is 0.